The molecule has 2 rings (SSSR count). The van der Waals surface area contributed by atoms with Crippen molar-refractivity contribution in [2.24, 2.45) is 0 Å². The zero-order valence-electron chi connectivity index (χ0n) is 12.0. The number of hydrogen-bond donors (Lipinski definition) is 1. The molecule has 0 fully saturated rings. The fourth-order valence-corrected chi connectivity index (χ4v) is 2.23. The smallest absolute Gasteiger partial charge is 0.296 e. The number of rotatable bonds is 4. The first-order valence-electron chi connectivity index (χ1n) is 6.82. The summed E-state index contributed by atoms with van der Waals surface area (Å²) in [5, 5.41) is 2.68. The van der Waals surface area contributed by atoms with Gasteiger partial charge in [0.1, 0.15) is 6.04 Å². The van der Waals surface area contributed by atoms with Crippen LogP contribution in [-0.2, 0) is 0 Å². The van der Waals surface area contributed by atoms with Crippen molar-refractivity contribution < 1.29 is 13.2 Å². The van der Waals surface area contributed by atoms with Gasteiger partial charge in [-0.25, -0.2) is 0 Å². The molecule has 4 heteroatoms. The number of aryl methyl sites for hydroxylation is 1. The summed E-state index contributed by atoms with van der Waals surface area (Å²) in [6.45, 7) is 3.69. The predicted octanol–water partition coefficient (Wildman–Crippen LogP) is 4.95. The van der Waals surface area contributed by atoms with E-state index in [1.165, 1.54) is 12.1 Å². The average molecular weight is 293 g/mol. The normalized spacial score (nSPS) is 14.7. The highest BCUT2D eigenvalue weighted by molar-refractivity contribution is 5.25. The van der Waals surface area contributed by atoms with E-state index >= 15 is 0 Å². The third-order valence-corrected chi connectivity index (χ3v) is 3.45. The van der Waals surface area contributed by atoms with Gasteiger partial charge in [-0.05, 0) is 25.0 Å². The Morgan fingerprint density at radius 3 is 1.95 bits per heavy atom. The van der Waals surface area contributed by atoms with Gasteiger partial charge >= 0.3 is 6.18 Å². The van der Waals surface area contributed by atoms with Crippen molar-refractivity contribution in [3.8, 4) is 0 Å². The van der Waals surface area contributed by atoms with E-state index in [2.05, 4.69) is 5.32 Å². The quantitative estimate of drug-likeness (QED) is 0.841. The van der Waals surface area contributed by atoms with E-state index in [1.54, 1.807) is 25.1 Å². The summed E-state index contributed by atoms with van der Waals surface area (Å²) in [6, 6.07) is 13.4. The van der Waals surface area contributed by atoms with Crippen LogP contribution in [0.4, 0.5) is 13.2 Å². The van der Waals surface area contributed by atoms with Crippen LogP contribution in [0.5, 0.6) is 0 Å². The van der Waals surface area contributed by atoms with Crippen molar-refractivity contribution in [1.82, 2.24) is 5.32 Å². The van der Waals surface area contributed by atoms with Gasteiger partial charge < -0.3 is 0 Å². The molecule has 0 aliphatic rings. The SMILES string of the molecule is Cc1ccc([C@@H](C)NC(c2ccccc2)C(F)(F)F)cc1. The molecule has 21 heavy (non-hydrogen) atoms. The second-order valence-electron chi connectivity index (χ2n) is 5.18. The molecule has 0 amide bonds. The Bertz CT molecular complexity index is 561. The van der Waals surface area contributed by atoms with Gasteiger partial charge in [-0.1, -0.05) is 60.2 Å². The Hall–Kier alpha value is -1.81. The van der Waals surface area contributed by atoms with Crippen LogP contribution in [0.25, 0.3) is 0 Å². The van der Waals surface area contributed by atoms with Crippen LogP contribution < -0.4 is 5.32 Å². The monoisotopic (exact) mass is 293 g/mol. The molecule has 0 aromatic heterocycles. The molecule has 1 nitrogen and oxygen atoms in total. The van der Waals surface area contributed by atoms with Crippen molar-refractivity contribution in [2.75, 3.05) is 0 Å². The zero-order chi connectivity index (χ0) is 15.5. The number of alkyl halides is 3. The van der Waals surface area contributed by atoms with Crippen LogP contribution >= 0.6 is 0 Å². The minimum absolute atomic E-state index is 0.226. The summed E-state index contributed by atoms with van der Waals surface area (Å²) >= 11 is 0. The van der Waals surface area contributed by atoms with Crippen molar-refractivity contribution in [1.29, 1.82) is 0 Å². The lowest BCUT2D eigenvalue weighted by Crippen LogP contribution is -2.35. The van der Waals surface area contributed by atoms with Crippen LogP contribution in [0.3, 0.4) is 0 Å². The third kappa shape index (κ3) is 4.08. The average Bonchev–Trinajstić information content (AvgIpc) is 2.45. The first kappa shape index (κ1) is 15.6. The van der Waals surface area contributed by atoms with Crippen molar-refractivity contribution in [3.63, 3.8) is 0 Å². The highest BCUT2D eigenvalue weighted by Crippen LogP contribution is 2.34. The predicted molar refractivity (Wildman–Crippen MR) is 78.0 cm³/mol. The summed E-state index contributed by atoms with van der Waals surface area (Å²) in [6.07, 6.45) is -4.33. The maximum Gasteiger partial charge on any atom is 0.407 e. The Balaban J connectivity index is 2.21. The molecule has 1 N–H and O–H groups in total. The van der Waals surface area contributed by atoms with E-state index in [4.69, 9.17) is 0 Å². The molecule has 2 aromatic rings. The fourth-order valence-electron chi connectivity index (χ4n) is 2.23. The molecule has 2 aromatic carbocycles. The van der Waals surface area contributed by atoms with Gasteiger partial charge in [0.05, 0.1) is 0 Å². The summed E-state index contributed by atoms with van der Waals surface area (Å²) < 4.78 is 39.9. The maximum atomic E-state index is 13.3. The molecule has 2 atom stereocenters. The first-order valence-corrected chi connectivity index (χ1v) is 6.82. The topological polar surface area (TPSA) is 12.0 Å². The van der Waals surface area contributed by atoms with Crippen LogP contribution in [-0.4, -0.2) is 6.18 Å². The third-order valence-electron chi connectivity index (χ3n) is 3.45. The largest absolute Gasteiger partial charge is 0.407 e. The van der Waals surface area contributed by atoms with Crippen LogP contribution in [0.2, 0.25) is 0 Å². The summed E-state index contributed by atoms with van der Waals surface area (Å²) in [5.74, 6) is 0. The summed E-state index contributed by atoms with van der Waals surface area (Å²) in [5.41, 5.74) is 2.15. The molecule has 0 spiro atoms. The van der Waals surface area contributed by atoms with Gasteiger partial charge in [0.25, 0.3) is 0 Å². The van der Waals surface area contributed by atoms with Crippen LogP contribution in [0.15, 0.2) is 54.6 Å². The first-order chi connectivity index (χ1) is 9.88. The van der Waals surface area contributed by atoms with Gasteiger partial charge in [-0.15, -0.1) is 0 Å². The van der Waals surface area contributed by atoms with E-state index in [1.807, 2.05) is 31.2 Å². The van der Waals surface area contributed by atoms with Crippen LogP contribution in [0, 0.1) is 6.92 Å². The van der Waals surface area contributed by atoms with E-state index in [9.17, 15) is 13.2 Å². The molecule has 0 aliphatic carbocycles. The van der Waals surface area contributed by atoms with Gasteiger partial charge in [0, 0.05) is 6.04 Å². The molecular formula is C17H18F3N. The Kier molecular flexibility index (Phi) is 4.68. The zero-order valence-corrected chi connectivity index (χ0v) is 12.0. The lowest BCUT2D eigenvalue weighted by Gasteiger charge is -2.26. The Morgan fingerprint density at radius 2 is 1.43 bits per heavy atom. The molecular weight excluding hydrogens is 275 g/mol. The van der Waals surface area contributed by atoms with E-state index < -0.39 is 18.3 Å². The van der Waals surface area contributed by atoms with Crippen LogP contribution in [0.1, 0.15) is 35.7 Å². The highest BCUT2D eigenvalue weighted by Gasteiger charge is 2.41. The van der Waals surface area contributed by atoms with Crippen molar-refractivity contribution in [3.05, 3.63) is 71.3 Å². The molecule has 0 aliphatic heterocycles. The second-order valence-corrected chi connectivity index (χ2v) is 5.18. The van der Waals surface area contributed by atoms with E-state index in [0.29, 0.717) is 0 Å². The van der Waals surface area contributed by atoms with E-state index in [-0.39, 0.29) is 5.56 Å². The second kappa shape index (κ2) is 6.31. The number of nitrogens with one attached hydrogen (secondary N) is 1. The number of benzene rings is 2. The van der Waals surface area contributed by atoms with Crippen molar-refractivity contribution >= 4 is 0 Å². The molecule has 0 saturated heterocycles. The minimum Gasteiger partial charge on any atom is -0.296 e. The lowest BCUT2D eigenvalue weighted by molar-refractivity contribution is -0.159. The molecule has 0 saturated carbocycles. The summed E-state index contributed by atoms with van der Waals surface area (Å²) in [7, 11) is 0. The Morgan fingerprint density at radius 1 is 0.857 bits per heavy atom. The Labute approximate surface area is 122 Å². The molecule has 112 valence electrons. The number of halogens is 3. The summed E-state index contributed by atoms with van der Waals surface area (Å²) in [4.78, 5) is 0. The van der Waals surface area contributed by atoms with E-state index in [0.717, 1.165) is 11.1 Å². The van der Waals surface area contributed by atoms with Gasteiger partial charge in [-0.2, -0.15) is 13.2 Å². The minimum atomic E-state index is -4.33. The van der Waals surface area contributed by atoms with Gasteiger partial charge in [-0.3, -0.25) is 5.32 Å². The molecule has 0 heterocycles. The highest BCUT2D eigenvalue weighted by atomic mass is 19.4. The standard InChI is InChI=1S/C17H18F3N/c1-12-8-10-14(11-9-12)13(2)21-16(17(18,19)20)15-6-4-3-5-7-15/h3-11,13,16,21H,1-2H3/t13-,16?/m1/s1. The lowest BCUT2D eigenvalue weighted by atomic mass is 10.0. The number of hydrogen-bond acceptors (Lipinski definition) is 1. The maximum absolute atomic E-state index is 13.3. The van der Waals surface area contributed by atoms with Gasteiger partial charge in [0.15, 0.2) is 0 Å². The van der Waals surface area contributed by atoms with Crippen molar-refractivity contribution in [2.45, 2.75) is 32.1 Å². The molecule has 0 bridgehead atoms. The van der Waals surface area contributed by atoms with Gasteiger partial charge in [0.2, 0.25) is 0 Å². The molecule has 0 radical (unpaired) electrons. The molecule has 1 unspecified atom stereocenters. The fraction of sp³-hybridized carbons (Fsp3) is 0.294.